The number of fused-ring (bicyclic) bond motifs is 1. The van der Waals surface area contributed by atoms with Gasteiger partial charge in [0.05, 0.1) is 10.3 Å². The highest BCUT2D eigenvalue weighted by Crippen LogP contribution is 2.32. The summed E-state index contributed by atoms with van der Waals surface area (Å²) in [5.74, 6) is 0.0206. The minimum Gasteiger partial charge on any atom is -0.485 e. The van der Waals surface area contributed by atoms with Crippen molar-refractivity contribution >= 4 is 22.4 Å². The maximum Gasteiger partial charge on any atom is 0.340 e. The number of rotatable bonds is 7. The second-order valence-electron chi connectivity index (χ2n) is 7.81. The maximum atomic E-state index is 12.7. The van der Waals surface area contributed by atoms with Crippen molar-refractivity contribution in [2.75, 3.05) is 6.61 Å². The highest BCUT2D eigenvalue weighted by Gasteiger charge is 2.18. The fraction of sp³-hybridized carbons (Fsp3) is 0.154. The number of carbonyl (C=O) groups is 1. The largest absolute Gasteiger partial charge is 0.485 e. The molecule has 0 atom stereocenters. The van der Waals surface area contributed by atoms with Gasteiger partial charge in [0, 0.05) is 29.7 Å². The molecule has 0 radical (unpaired) electrons. The average Bonchev–Trinajstić information content (AvgIpc) is 2.80. The zero-order valence-electron chi connectivity index (χ0n) is 18.2. The molecule has 7 heteroatoms. The van der Waals surface area contributed by atoms with Crippen molar-refractivity contribution in [3.8, 4) is 5.75 Å². The van der Waals surface area contributed by atoms with Gasteiger partial charge in [-0.15, -0.1) is 0 Å². The molecule has 0 saturated carbocycles. The SMILES string of the molecule is Cc1cc(OCC(=O)c2cccc([N+](=O)[O-])c2)c2c(C)c(Cc3ccccc3)c(=O)oc2c1. The number of benzene rings is 3. The van der Waals surface area contributed by atoms with E-state index in [2.05, 4.69) is 0 Å². The zero-order valence-corrected chi connectivity index (χ0v) is 18.2. The van der Waals surface area contributed by atoms with Crippen molar-refractivity contribution in [1.82, 2.24) is 0 Å². The van der Waals surface area contributed by atoms with Crippen LogP contribution in [-0.2, 0) is 6.42 Å². The van der Waals surface area contributed by atoms with Gasteiger partial charge in [0.1, 0.15) is 11.3 Å². The summed E-state index contributed by atoms with van der Waals surface area (Å²) in [6.45, 7) is 3.36. The number of aryl methyl sites for hydroxylation is 2. The molecule has 0 spiro atoms. The first-order chi connectivity index (χ1) is 15.8. The Labute approximate surface area is 189 Å². The Balaban J connectivity index is 1.69. The first-order valence-electron chi connectivity index (χ1n) is 10.3. The molecule has 1 aromatic heterocycles. The molecule has 0 unspecified atom stereocenters. The van der Waals surface area contributed by atoms with Gasteiger partial charge in [-0.25, -0.2) is 4.79 Å². The number of ketones is 1. The van der Waals surface area contributed by atoms with Crippen LogP contribution in [0.1, 0.15) is 32.6 Å². The van der Waals surface area contributed by atoms with E-state index in [1.807, 2.05) is 44.2 Å². The van der Waals surface area contributed by atoms with Crippen LogP contribution in [0.25, 0.3) is 11.0 Å². The summed E-state index contributed by atoms with van der Waals surface area (Å²) in [5, 5.41) is 11.6. The molecular weight excluding hydrogens is 422 g/mol. The van der Waals surface area contributed by atoms with E-state index in [1.165, 1.54) is 24.3 Å². The van der Waals surface area contributed by atoms with Crippen LogP contribution in [0.5, 0.6) is 5.75 Å². The van der Waals surface area contributed by atoms with E-state index in [9.17, 15) is 19.7 Å². The van der Waals surface area contributed by atoms with Crippen molar-refractivity contribution in [1.29, 1.82) is 0 Å². The Morgan fingerprint density at radius 3 is 2.52 bits per heavy atom. The van der Waals surface area contributed by atoms with Gasteiger partial charge in [0.25, 0.3) is 5.69 Å². The molecular formula is C26H21NO6. The lowest BCUT2D eigenvalue weighted by Crippen LogP contribution is -2.14. The third-order valence-electron chi connectivity index (χ3n) is 5.45. The number of Topliss-reactive ketones (excluding diaryl/α,β-unsaturated/α-hetero) is 1. The van der Waals surface area contributed by atoms with Gasteiger partial charge in [0.15, 0.2) is 12.4 Å². The van der Waals surface area contributed by atoms with Gasteiger partial charge < -0.3 is 9.15 Å². The fourth-order valence-corrected chi connectivity index (χ4v) is 3.77. The zero-order chi connectivity index (χ0) is 23.5. The normalized spacial score (nSPS) is 10.8. The van der Waals surface area contributed by atoms with E-state index < -0.39 is 16.3 Å². The van der Waals surface area contributed by atoms with Crippen molar-refractivity contribution in [2.24, 2.45) is 0 Å². The quantitative estimate of drug-likeness (QED) is 0.169. The van der Waals surface area contributed by atoms with E-state index in [-0.39, 0.29) is 17.9 Å². The number of carbonyl (C=O) groups excluding carboxylic acids is 1. The third-order valence-corrected chi connectivity index (χ3v) is 5.45. The first kappa shape index (κ1) is 22.0. The summed E-state index contributed by atoms with van der Waals surface area (Å²) in [5.41, 5.74) is 3.02. The summed E-state index contributed by atoms with van der Waals surface area (Å²) >= 11 is 0. The molecule has 33 heavy (non-hydrogen) atoms. The van der Waals surface area contributed by atoms with Gasteiger partial charge in [-0.1, -0.05) is 42.5 Å². The third kappa shape index (κ3) is 4.67. The number of ether oxygens (including phenoxy) is 1. The van der Waals surface area contributed by atoms with Crippen LogP contribution in [0.15, 0.2) is 75.9 Å². The molecule has 1 heterocycles. The van der Waals surface area contributed by atoms with Gasteiger partial charge in [-0.05, 0) is 42.7 Å². The summed E-state index contributed by atoms with van der Waals surface area (Å²) in [6, 6.07) is 18.7. The molecule has 0 amide bonds. The topological polar surface area (TPSA) is 99.6 Å². The molecule has 0 N–H and O–H groups in total. The molecule has 4 rings (SSSR count). The fourth-order valence-electron chi connectivity index (χ4n) is 3.77. The van der Waals surface area contributed by atoms with Crippen molar-refractivity contribution < 1.29 is 18.9 Å². The standard InChI is InChI=1S/C26H21NO6/c1-16-11-23(32-15-22(28)19-9-6-10-20(14-19)27(30)31)25-17(2)21(26(29)33-24(25)12-16)13-18-7-4-3-5-8-18/h3-12,14H,13,15H2,1-2H3. The predicted octanol–water partition coefficient (Wildman–Crippen LogP) is 5.17. The van der Waals surface area contributed by atoms with E-state index in [0.717, 1.165) is 16.7 Å². The molecule has 4 aromatic rings. The minimum absolute atomic E-state index is 0.162. The highest BCUT2D eigenvalue weighted by molar-refractivity contribution is 5.98. The number of nitro groups is 1. The summed E-state index contributed by atoms with van der Waals surface area (Å²) in [6.07, 6.45) is 0.408. The molecule has 0 aliphatic heterocycles. The Morgan fingerprint density at radius 1 is 1.03 bits per heavy atom. The number of hydrogen-bond donors (Lipinski definition) is 0. The van der Waals surface area contributed by atoms with Crippen molar-refractivity contribution in [3.05, 3.63) is 115 Å². The van der Waals surface area contributed by atoms with E-state index in [0.29, 0.717) is 28.7 Å². The second kappa shape index (κ2) is 9.08. The Bertz CT molecular complexity index is 1420. The molecule has 0 saturated heterocycles. The summed E-state index contributed by atoms with van der Waals surface area (Å²) in [7, 11) is 0. The number of nitro benzene ring substituents is 1. The number of nitrogens with zero attached hydrogens (tertiary/aromatic N) is 1. The van der Waals surface area contributed by atoms with Crippen molar-refractivity contribution in [2.45, 2.75) is 20.3 Å². The molecule has 3 aromatic carbocycles. The van der Waals surface area contributed by atoms with Gasteiger partial charge >= 0.3 is 5.63 Å². The van der Waals surface area contributed by atoms with E-state index in [4.69, 9.17) is 9.15 Å². The number of non-ortho nitro benzene ring substituents is 1. The summed E-state index contributed by atoms with van der Waals surface area (Å²) in [4.78, 5) is 35.8. The highest BCUT2D eigenvalue weighted by atomic mass is 16.6. The van der Waals surface area contributed by atoms with E-state index in [1.54, 1.807) is 12.1 Å². The van der Waals surface area contributed by atoms with Crippen LogP contribution < -0.4 is 10.4 Å². The van der Waals surface area contributed by atoms with Crippen LogP contribution in [0, 0.1) is 24.0 Å². The molecule has 0 bridgehead atoms. The van der Waals surface area contributed by atoms with E-state index >= 15 is 0 Å². The summed E-state index contributed by atoms with van der Waals surface area (Å²) < 4.78 is 11.5. The lowest BCUT2D eigenvalue weighted by molar-refractivity contribution is -0.384. The monoisotopic (exact) mass is 443 g/mol. The molecule has 0 fully saturated rings. The molecule has 7 nitrogen and oxygen atoms in total. The van der Waals surface area contributed by atoms with Crippen LogP contribution in [0.2, 0.25) is 0 Å². The van der Waals surface area contributed by atoms with Crippen LogP contribution in [0.3, 0.4) is 0 Å². The second-order valence-corrected chi connectivity index (χ2v) is 7.81. The maximum absolute atomic E-state index is 12.7. The van der Waals surface area contributed by atoms with Gasteiger partial charge in [0.2, 0.25) is 0 Å². The Hall–Kier alpha value is -4.26. The Kier molecular flexibility index (Phi) is 6.04. The van der Waals surface area contributed by atoms with Crippen LogP contribution in [-0.4, -0.2) is 17.3 Å². The molecule has 0 aliphatic carbocycles. The number of hydrogen-bond acceptors (Lipinski definition) is 6. The minimum atomic E-state index is -0.550. The lowest BCUT2D eigenvalue weighted by atomic mass is 9.98. The van der Waals surface area contributed by atoms with Crippen LogP contribution >= 0.6 is 0 Å². The van der Waals surface area contributed by atoms with Crippen LogP contribution in [0.4, 0.5) is 5.69 Å². The van der Waals surface area contributed by atoms with Crippen molar-refractivity contribution in [3.63, 3.8) is 0 Å². The molecule has 0 aliphatic rings. The Morgan fingerprint density at radius 2 is 1.79 bits per heavy atom. The van der Waals surface area contributed by atoms with Gasteiger partial charge in [-0.2, -0.15) is 0 Å². The first-order valence-corrected chi connectivity index (χ1v) is 10.3. The average molecular weight is 443 g/mol. The van der Waals surface area contributed by atoms with Gasteiger partial charge in [-0.3, -0.25) is 14.9 Å². The lowest BCUT2D eigenvalue weighted by Gasteiger charge is -2.14. The molecule has 166 valence electrons. The predicted molar refractivity (Wildman–Crippen MR) is 124 cm³/mol. The smallest absolute Gasteiger partial charge is 0.340 e.